The molecule has 0 saturated heterocycles. The SMILES string of the molecule is N#Cc1ccc(Oc2ccc(NC(=O)Nc3cc(C(F)(F)F)cc(C(F)(F)F)c3)cc2)cc1. The van der Waals surface area contributed by atoms with Crippen LogP contribution in [0.15, 0.2) is 66.7 Å². The van der Waals surface area contributed by atoms with Crippen LogP contribution in [0.4, 0.5) is 42.5 Å². The van der Waals surface area contributed by atoms with E-state index in [1.54, 1.807) is 24.3 Å². The molecule has 0 unspecified atom stereocenters. The highest BCUT2D eigenvalue weighted by Gasteiger charge is 2.37. The van der Waals surface area contributed by atoms with Gasteiger partial charge in [0.1, 0.15) is 11.5 Å². The largest absolute Gasteiger partial charge is 0.457 e. The fourth-order valence-electron chi connectivity index (χ4n) is 2.66. The van der Waals surface area contributed by atoms with E-state index in [0.717, 1.165) is 0 Å². The third-order valence-electron chi connectivity index (χ3n) is 4.18. The van der Waals surface area contributed by atoms with Crippen LogP contribution in [0.5, 0.6) is 11.5 Å². The van der Waals surface area contributed by atoms with E-state index >= 15 is 0 Å². The van der Waals surface area contributed by atoms with Crippen molar-refractivity contribution in [2.75, 3.05) is 10.6 Å². The Bertz CT molecular complexity index is 1150. The Morgan fingerprint density at radius 3 is 1.64 bits per heavy atom. The molecule has 11 heteroatoms. The average Bonchev–Trinajstić information content (AvgIpc) is 2.74. The van der Waals surface area contributed by atoms with Gasteiger partial charge in [-0.15, -0.1) is 0 Å². The molecule has 0 atom stereocenters. The third-order valence-corrected chi connectivity index (χ3v) is 4.18. The van der Waals surface area contributed by atoms with Gasteiger partial charge < -0.3 is 15.4 Å². The molecule has 0 bridgehead atoms. The molecule has 0 radical (unpaired) electrons. The molecule has 3 aromatic carbocycles. The Kier molecular flexibility index (Phi) is 6.48. The van der Waals surface area contributed by atoms with Gasteiger partial charge in [0.15, 0.2) is 0 Å². The number of carbonyl (C=O) groups is 1. The van der Waals surface area contributed by atoms with Gasteiger partial charge in [-0.1, -0.05) is 0 Å². The Hall–Kier alpha value is -4.20. The van der Waals surface area contributed by atoms with Crippen molar-refractivity contribution in [2.45, 2.75) is 12.4 Å². The monoisotopic (exact) mass is 465 g/mol. The number of carbonyl (C=O) groups excluding carboxylic acids is 1. The highest BCUT2D eigenvalue weighted by atomic mass is 19.4. The number of hydrogen-bond donors (Lipinski definition) is 2. The lowest BCUT2D eigenvalue weighted by molar-refractivity contribution is -0.143. The Balaban J connectivity index is 1.68. The number of hydrogen-bond acceptors (Lipinski definition) is 3. The van der Waals surface area contributed by atoms with Crippen LogP contribution in [0.1, 0.15) is 16.7 Å². The molecule has 2 amide bonds. The van der Waals surface area contributed by atoms with E-state index in [2.05, 4.69) is 5.32 Å². The molecule has 0 aromatic heterocycles. The first-order chi connectivity index (χ1) is 15.4. The zero-order valence-corrected chi connectivity index (χ0v) is 16.4. The summed E-state index contributed by atoms with van der Waals surface area (Å²) in [5, 5.41) is 13.1. The number of nitrogens with zero attached hydrogens (tertiary/aromatic N) is 1. The van der Waals surface area contributed by atoms with Crippen LogP contribution < -0.4 is 15.4 Å². The summed E-state index contributed by atoms with van der Waals surface area (Å²) in [4.78, 5) is 12.1. The third kappa shape index (κ3) is 6.39. The number of nitriles is 1. The van der Waals surface area contributed by atoms with Gasteiger partial charge in [0.2, 0.25) is 0 Å². The molecule has 0 aliphatic carbocycles. The van der Waals surface area contributed by atoms with E-state index in [1.807, 2.05) is 11.4 Å². The van der Waals surface area contributed by atoms with Crippen molar-refractivity contribution >= 4 is 17.4 Å². The van der Waals surface area contributed by atoms with Crippen LogP contribution in [-0.4, -0.2) is 6.03 Å². The van der Waals surface area contributed by atoms with Crippen molar-refractivity contribution in [3.8, 4) is 17.6 Å². The Morgan fingerprint density at radius 1 is 0.727 bits per heavy atom. The molecule has 170 valence electrons. The van der Waals surface area contributed by atoms with Gasteiger partial charge in [-0.3, -0.25) is 0 Å². The normalized spacial score (nSPS) is 11.4. The average molecular weight is 465 g/mol. The number of anilines is 2. The van der Waals surface area contributed by atoms with Crippen LogP contribution in [-0.2, 0) is 12.4 Å². The van der Waals surface area contributed by atoms with E-state index in [1.165, 1.54) is 24.3 Å². The van der Waals surface area contributed by atoms with E-state index in [9.17, 15) is 31.1 Å². The quantitative estimate of drug-likeness (QED) is 0.406. The first-order valence-electron chi connectivity index (χ1n) is 9.09. The second kappa shape index (κ2) is 9.12. The molecular weight excluding hydrogens is 452 g/mol. The Morgan fingerprint density at radius 2 is 1.18 bits per heavy atom. The maximum Gasteiger partial charge on any atom is 0.416 e. The second-order valence-corrected chi connectivity index (χ2v) is 6.64. The van der Waals surface area contributed by atoms with Crippen molar-refractivity contribution in [3.63, 3.8) is 0 Å². The highest BCUT2D eigenvalue weighted by molar-refractivity contribution is 5.99. The number of urea groups is 1. The summed E-state index contributed by atoms with van der Waals surface area (Å²) in [6.07, 6.45) is -10.1. The van der Waals surface area contributed by atoms with Crippen molar-refractivity contribution < 1.29 is 35.9 Å². The molecule has 2 N–H and O–H groups in total. The first-order valence-corrected chi connectivity index (χ1v) is 9.09. The van der Waals surface area contributed by atoms with E-state index < -0.39 is 35.2 Å². The molecule has 0 spiro atoms. The number of halogens is 6. The van der Waals surface area contributed by atoms with E-state index in [0.29, 0.717) is 29.2 Å². The summed E-state index contributed by atoms with van der Waals surface area (Å²) >= 11 is 0. The van der Waals surface area contributed by atoms with Crippen LogP contribution in [0.25, 0.3) is 0 Å². The van der Waals surface area contributed by atoms with Crippen LogP contribution >= 0.6 is 0 Å². The molecule has 0 saturated carbocycles. The lowest BCUT2D eigenvalue weighted by atomic mass is 10.1. The lowest BCUT2D eigenvalue weighted by Gasteiger charge is -2.15. The summed E-state index contributed by atoms with van der Waals surface area (Å²) in [6, 6.07) is 13.8. The standard InChI is InChI=1S/C22H13F6N3O2/c23-21(24,25)14-9-15(22(26,27)28)11-17(10-14)31-20(32)30-16-3-7-19(8-4-16)33-18-5-1-13(12-29)2-6-18/h1-11H,(H2,30,31,32). The molecule has 3 rings (SSSR count). The number of rotatable bonds is 4. The molecule has 0 aliphatic rings. The predicted molar refractivity (Wildman–Crippen MR) is 107 cm³/mol. The van der Waals surface area contributed by atoms with Gasteiger partial charge in [-0.2, -0.15) is 31.6 Å². The van der Waals surface area contributed by atoms with Crippen LogP contribution in [0.2, 0.25) is 0 Å². The maximum atomic E-state index is 12.9. The van der Waals surface area contributed by atoms with Gasteiger partial charge in [0.05, 0.1) is 22.8 Å². The summed E-state index contributed by atoms with van der Waals surface area (Å²) in [5.41, 5.74) is -3.09. The summed E-state index contributed by atoms with van der Waals surface area (Å²) in [5.74, 6) is 0.843. The van der Waals surface area contributed by atoms with Gasteiger partial charge >= 0.3 is 18.4 Å². The molecular formula is C22H13F6N3O2. The molecule has 0 fully saturated rings. The Labute approximate surface area is 183 Å². The van der Waals surface area contributed by atoms with Gasteiger partial charge in [-0.25, -0.2) is 4.79 Å². The molecule has 33 heavy (non-hydrogen) atoms. The summed E-state index contributed by atoms with van der Waals surface area (Å²) in [7, 11) is 0. The van der Waals surface area contributed by atoms with Crippen LogP contribution in [0.3, 0.4) is 0 Å². The lowest BCUT2D eigenvalue weighted by Crippen LogP contribution is -2.20. The van der Waals surface area contributed by atoms with Crippen molar-refractivity contribution in [2.24, 2.45) is 0 Å². The predicted octanol–water partition coefficient (Wildman–Crippen LogP) is 7.03. The molecule has 0 aliphatic heterocycles. The van der Waals surface area contributed by atoms with E-state index in [-0.39, 0.29) is 11.8 Å². The smallest absolute Gasteiger partial charge is 0.416 e. The number of nitrogens with one attached hydrogen (secondary N) is 2. The minimum absolute atomic E-state index is 0.0321. The molecule has 0 heterocycles. The van der Waals surface area contributed by atoms with Crippen molar-refractivity contribution in [1.29, 1.82) is 5.26 Å². The molecule has 5 nitrogen and oxygen atoms in total. The first kappa shape index (κ1) is 23.5. The number of amides is 2. The van der Waals surface area contributed by atoms with Gasteiger partial charge in [0, 0.05) is 11.4 Å². The zero-order chi connectivity index (χ0) is 24.2. The highest BCUT2D eigenvalue weighted by Crippen LogP contribution is 2.37. The number of ether oxygens (including phenoxy) is 1. The minimum Gasteiger partial charge on any atom is -0.457 e. The molecule has 3 aromatic rings. The maximum absolute atomic E-state index is 12.9. The minimum atomic E-state index is -5.03. The fraction of sp³-hybridized carbons (Fsp3) is 0.0909. The summed E-state index contributed by atoms with van der Waals surface area (Å²) < 4.78 is 83.2. The van der Waals surface area contributed by atoms with Gasteiger partial charge in [-0.05, 0) is 66.7 Å². The fourth-order valence-corrected chi connectivity index (χ4v) is 2.66. The van der Waals surface area contributed by atoms with Crippen molar-refractivity contribution in [1.82, 2.24) is 0 Å². The zero-order valence-electron chi connectivity index (χ0n) is 16.4. The second-order valence-electron chi connectivity index (χ2n) is 6.64. The van der Waals surface area contributed by atoms with Crippen molar-refractivity contribution in [3.05, 3.63) is 83.4 Å². The van der Waals surface area contributed by atoms with E-state index in [4.69, 9.17) is 10.00 Å². The topological polar surface area (TPSA) is 74.1 Å². The number of benzene rings is 3. The van der Waals surface area contributed by atoms with Gasteiger partial charge in [0.25, 0.3) is 0 Å². The summed E-state index contributed by atoms with van der Waals surface area (Å²) in [6.45, 7) is 0. The number of alkyl halides is 6. The van der Waals surface area contributed by atoms with Crippen LogP contribution in [0, 0.1) is 11.3 Å².